The minimum absolute atomic E-state index is 0.0758. The molecule has 1 aromatic heterocycles. The van der Waals surface area contributed by atoms with Gasteiger partial charge in [0.25, 0.3) is 0 Å². The van der Waals surface area contributed by atoms with Crippen LogP contribution < -0.4 is 4.28 Å². The van der Waals surface area contributed by atoms with Crippen LogP contribution in [0.1, 0.15) is 28.9 Å². The van der Waals surface area contributed by atoms with E-state index in [2.05, 4.69) is 0 Å². The summed E-state index contributed by atoms with van der Waals surface area (Å²) >= 11 is 0. The Labute approximate surface area is 132 Å². The molecule has 2 atom stereocenters. The van der Waals surface area contributed by atoms with Crippen molar-refractivity contribution in [1.82, 2.24) is 4.73 Å². The van der Waals surface area contributed by atoms with Gasteiger partial charge >= 0.3 is 10.1 Å². The Morgan fingerprint density at radius 2 is 1.57 bits per heavy atom. The Bertz CT molecular complexity index is 890. The van der Waals surface area contributed by atoms with Gasteiger partial charge < -0.3 is 14.9 Å². The molecule has 1 aromatic carbocycles. The van der Waals surface area contributed by atoms with Crippen molar-refractivity contribution in [3.05, 3.63) is 53.1 Å². The normalized spacial score (nSPS) is 21.6. The first-order valence-corrected chi connectivity index (χ1v) is 8.31. The van der Waals surface area contributed by atoms with E-state index >= 15 is 0 Å². The quantitative estimate of drug-likeness (QED) is 0.829. The Morgan fingerprint density at radius 3 is 2.09 bits per heavy atom. The summed E-state index contributed by atoms with van der Waals surface area (Å²) in [5.41, 5.74) is 1.55. The van der Waals surface area contributed by atoms with Gasteiger partial charge in [0.05, 0.1) is 11.1 Å². The van der Waals surface area contributed by atoms with E-state index in [0.29, 0.717) is 15.9 Å². The molecular weight excluding hydrogens is 322 g/mol. The van der Waals surface area contributed by atoms with Gasteiger partial charge in [-0.15, -0.1) is 0 Å². The lowest BCUT2D eigenvalue weighted by atomic mass is 10.0. The third-order valence-electron chi connectivity index (χ3n) is 3.96. The van der Waals surface area contributed by atoms with Crippen LogP contribution in [0.2, 0.25) is 0 Å². The first-order chi connectivity index (χ1) is 10.9. The van der Waals surface area contributed by atoms with E-state index in [4.69, 9.17) is 9.02 Å². The molecule has 0 radical (unpaired) electrons. The smallest absolute Gasteiger partial charge is 0.357 e. The van der Waals surface area contributed by atoms with E-state index in [0.717, 1.165) is 5.56 Å². The summed E-state index contributed by atoms with van der Waals surface area (Å²) < 4.78 is 35.5. The monoisotopic (exact) mass is 335 g/mol. The molecular formula is C15H13NO6S. The van der Waals surface area contributed by atoms with Gasteiger partial charge in [0.2, 0.25) is 11.8 Å². The molecule has 0 saturated carbocycles. The minimum atomic E-state index is -4.20. The Morgan fingerprint density at radius 1 is 1.04 bits per heavy atom. The van der Waals surface area contributed by atoms with E-state index in [-0.39, 0.29) is 4.90 Å². The number of ether oxygens (including phenoxy) is 1. The van der Waals surface area contributed by atoms with Gasteiger partial charge in [-0.1, -0.05) is 34.6 Å². The van der Waals surface area contributed by atoms with Crippen molar-refractivity contribution >= 4 is 10.1 Å². The summed E-state index contributed by atoms with van der Waals surface area (Å²) in [5.74, 6) is -0.963. The second kappa shape index (κ2) is 4.53. The molecule has 2 N–H and O–H groups in total. The maximum atomic E-state index is 12.3. The predicted octanol–water partition coefficient (Wildman–Crippen LogP) is 1.71. The molecule has 0 aliphatic carbocycles. The maximum absolute atomic E-state index is 12.3. The predicted molar refractivity (Wildman–Crippen MR) is 78.4 cm³/mol. The number of hydrogen-bond acceptors (Lipinski definition) is 6. The molecule has 120 valence electrons. The molecule has 0 amide bonds. The summed E-state index contributed by atoms with van der Waals surface area (Å²) in [6.45, 7) is 1.83. The van der Waals surface area contributed by atoms with Gasteiger partial charge in [0.1, 0.15) is 17.1 Å². The number of aromatic nitrogens is 1. The Balaban J connectivity index is 1.75. The SMILES string of the molecule is Cc1ccc(S(=O)(=O)On2c(O)c3c(c2O)C2C=CC3O2)cc1. The molecule has 2 unspecified atom stereocenters. The van der Waals surface area contributed by atoms with E-state index in [1.54, 1.807) is 24.3 Å². The van der Waals surface area contributed by atoms with Crippen molar-refractivity contribution in [2.24, 2.45) is 0 Å². The standard InChI is InChI=1S/C15H13NO6S/c1-8-2-4-9(5-3-8)23(19,20)22-16-14(17)12-10-6-7-11(21-10)13(12)15(16)18/h2-7,10-11,17-18H,1H3. The lowest BCUT2D eigenvalue weighted by molar-refractivity contribution is 0.0799. The highest BCUT2D eigenvalue weighted by molar-refractivity contribution is 7.87. The molecule has 7 nitrogen and oxygen atoms in total. The second-order valence-electron chi connectivity index (χ2n) is 5.47. The molecule has 3 heterocycles. The first kappa shape index (κ1) is 14.2. The van der Waals surface area contributed by atoms with Crippen LogP contribution in [0.4, 0.5) is 0 Å². The van der Waals surface area contributed by atoms with Crippen molar-refractivity contribution in [3.8, 4) is 11.8 Å². The van der Waals surface area contributed by atoms with Gasteiger partial charge in [-0.25, -0.2) is 0 Å². The van der Waals surface area contributed by atoms with Crippen LogP contribution in [-0.2, 0) is 14.9 Å². The molecule has 23 heavy (non-hydrogen) atoms. The zero-order valence-electron chi connectivity index (χ0n) is 12.0. The first-order valence-electron chi connectivity index (χ1n) is 6.90. The van der Waals surface area contributed by atoms with Crippen molar-refractivity contribution in [3.63, 3.8) is 0 Å². The van der Waals surface area contributed by atoms with E-state index in [1.807, 2.05) is 6.92 Å². The van der Waals surface area contributed by atoms with E-state index in [9.17, 15) is 18.6 Å². The van der Waals surface area contributed by atoms with Crippen LogP contribution in [-0.4, -0.2) is 23.4 Å². The fourth-order valence-corrected chi connectivity index (χ4v) is 3.71. The third-order valence-corrected chi connectivity index (χ3v) is 5.16. The van der Waals surface area contributed by atoms with Crippen molar-refractivity contribution in [2.45, 2.75) is 24.0 Å². The van der Waals surface area contributed by atoms with Crippen LogP contribution in [0.3, 0.4) is 0 Å². The highest BCUT2D eigenvalue weighted by atomic mass is 32.2. The fraction of sp³-hybridized carbons (Fsp3) is 0.200. The highest BCUT2D eigenvalue weighted by Gasteiger charge is 2.43. The minimum Gasteiger partial charge on any atom is -0.492 e. The van der Waals surface area contributed by atoms with Crippen LogP contribution >= 0.6 is 0 Å². The van der Waals surface area contributed by atoms with Crippen molar-refractivity contribution in [1.29, 1.82) is 0 Å². The van der Waals surface area contributed by atoms with Gasteiger partial charge in [0.15, 0.2) is 0 Å². The molecule has 2 aliphatic rings. The number of hydrogen-bond donors (Lipinski definition) is 2. The molecule has 2 aromatic rings. The maximum Gasteiger partial charge on any atom is 0.357 e. The molecule has 0 spiro atoms. The zero-order valence-corrected chi connectivity index (χ0v) is 12.8. The molecule has 2 aliphatic heterocycles. The van der Waals surface area contributed by atoms with E-state index < -0.39 is 34.1 Å². The highest BCUT2D eigenvalue weighted by Crippen LogP contribution is 2.54. The molecule has 4 rings (SSSR count). The molecule has 0 saturated heterocycles. The molecule has 0 fully saturated rings. The van der Waals surface area contributed by atoms with E-state index in [1.165, 1.54) is 12.1 Å². The lowest BCUT2D eigenvalue weighted by Crippen LogP contribution is -2.20. The van der Waals surface area contributed by atoms with Gasteiger partial charge in [-0.3, -0.25) is 4.28 Å². The second-order valence-corrected chi connectivity index (χ2v) is 7.00. The summed E-state index contributed by atoms with van der Waals surface area (Å²) in [5, 5.41) is 20.4. The van der Waals surface area contributed by atoms with Crippen LogP contribution in [0.15, 0.2) is 41.3 Å². The number of benzene rings is 1. The number of aryl methyl sites for hydroxylation is 1. The number of rotatable bonds is 3. The largest absolute Gasteiger partial charge is 0.492 e. The summed E-state index contributed by atoms with van der Waals surface area (Å²) in [6.07, 6.45) is 2.44. The molecule has 8 heteroatoms. The number of nitrogens with zero attached hydrogens (tertiary/aromatic N) is 1. The average Bonchev–Trinajstić information content (AvgIpc) is 3.17. The Hall–Kier alpha value is -2.45. The number of fused-ring (bicyclic) bond motifs is 5. The fourth-order valence-electron chi connectivity index (χ4n) is 2.82. The zero-order chi connectivity index (χ0) is 16.4. The summed E-state index contributed by atoms with van der Waals surface area (Å²) in [4.78, 5) is -0.0758. The van der Waals surface area contributed by atoms with Crippen LogP contribution in [0, 0.1) is 6.92 Å². The topological polar surface area (TPSA) is 98.0 Å². The Kier molecular flexibility index (Phi) is 2.79. The van der Waals surface area contributed by atoms with Gasteiger partial charge in [-0.2, -0.15) is 8.42 Å². The average molecular weight is 335 g/mol. The summed E-state index contributed by atoms with van der Waals surface area (Å²) in [6, 6.07) is 6.04. The van der Waals surface area contributed by atoms with Gasteiger partial charge in [0, 0.05) is 0 Å². The van der Waals surface area contributed by atoms with Crippen LogP contribution in [0.25, 0.3) is 0 Å². The third kappa shape index (κ3) is 1.95. The van der Waals surface area contributed by atoms with Crippen molar-refractivity contribution in [2.75, 3.05) is 0 Å². The lowest BCUT2D eigenvalue weighted by Gasteiger charge is -2.11. The van der Waals surface area contributed by atoms with Gasteiger partial charge in [-0.05, 0) is 19.1 Å². The molecule has 2 bridgehead atoms. The van der Waals surface area contributed by atoms with Crippen molar-refractivity contribution < 1.29 is 27.7 Å². The van der Waals surface area contributed by atoms with Crippen LogP contribution in [0.5, 0.6) is 11.8 Å². The summed E-state index contributed by atoms with van der Waals surface area (Å²) in [7, 11) is -4.20. The number of aromatic hydroxyl groups is 2.